The molecule has 0 radical (unpaired) electrons. The molecule has 0 spiro atoms. The Morgan fingerprint density at radius 2 is 1.12 bits per heavy atom. The zero-order chi connectivity index (χ0) is 17.9. The average molecular weight is 583 g/mol. The highest BCUT2D eigenvalue weighted by molar-refractivity contribution is 9.11. The molecule has 0 nitrogen and oxygen atoms in total. The van der Waals surface area contributed by atoms with Crippen LogP contribution in [0.1, 0.15) is 53.7 Å². The highest BCUT2D eigenvalue weighted by Crippen LogP contribution is 2.51. The second kappa shape index (κ2) is 9.16. The van der Waals surface area contributed by atoms with Crippen molar-refractivity contribution >= 4 is 81.8 Å². The normalized spacial score (nSPS) is 12.0. The minimum absolute atomic E-state index is 0.0438. The minimum Gasteiger partial charge on any atom is -0.132 e. The van der Waals surface area contributed by atoms with Crippen molar-refractivity contribution in [1.82, 2.24) is 0 Å². The van der Waals surface area contributed by atoms with Crippen LogP contribution in [0.25, 0.3) is 0 Å². The summed E-state index contributed by atoms with van der Waals surface area (Å²) < 4.78 is 3.60. The predicted molar refractivity (Wildman–Crippen MR) is 125 cm³/mol. The van der Waals surface area contributed by atoms with Gasteiger partial charge in [0.15, 0.2) is 0 Å². The van der Waals surface area contributed by atoms with E-state index in [2.05, 4.69) is 91.1 Å². The molecule has 0 atom stereocenters. The van der Waals surface area contributed by atoms with Gasteiger partial charge in [0.25, 0.3) is 0 Å². The van der Waals surface area contributed by atoms with Crippen molar-refractivity contribution in [3.8, 4) is 0 Å². The van der Waals surface area contributed by atoms with Crippen molar-refractivity contribution in [2.45, 2.75) is 44.4 Å². The first-order valence-corrected chi connectivity index (χ1v) is 13.2. The Morgan fingerprint density at radius 1 is 0.680 bits per heavy atom. The van der Waals surface area contributed by atoms with Crippen LogP contribution in [0.3, 0.4) is 0 Å². The van der Waals surface area contributed by atoms with Gasteiger partial charge in [0.05, 0.1) is 16.8 Å². The van der Waals surface area contributed by atoms with E-state index in [4.69, 9.17) is 0 Å². The number of unbranched alkanes of at least 4 members (excludes halogenated alkanes) is 3. The van der Waals surface area contributed by atoms with Crippen LogP contribution >= 0.6 is 81.8 Å². The Labute approximate surface area is 187 Å². The summed E-state index contributed by atoms with van der Waals surface area (Å²) in [6, 6.07) is 13.5. The second-order valence-electron chi connectivity index (χ2n) is 6.03. The summed E-state index contributed by atoms with van der Waals surface area (Å²) in [4.78, 5) is 4.29. The van der Waals surface area contributed by atoms with E-state index in [1.54, 1.807) is 0 Å². The van der Waals surface area contributed by atoms with Crippen molar-refractivity contribution in [1.29, 1.82) is 0 Å². The number of thiophene rings is 3. The highest BCUT2D eigenvalue weighted by atomic mass is 79.9. The molecule has 3 rings (SSSR count). The molecule has 0 aliphatic carbocycles. The van der Waals surface area contributed by atoms with Crippen LogP contribution in [0.4, 0.5) is 0 Å². The number of hydrogen-bond acceptors (Lipinski definition) is 3. The van der Waals surface area contributed by atoms with Gasteiger partial charge in [0.2, 0.25) is 0 Å². The summed E-state index contributed by atoms with van der Waals surface area (Å²) in [5.41, 5.74) is -0.0438. The van der Waals surface area contributed by atoms with Crippen molar-refractivity contribution in [3.63, 3.8) is 0 Å². The molecule has 6 heteroatoms. The van der Waals surface area contributed by atoms with Gasteiger partial charge < -0.3 is 0 Å². The number of halogens is 3. The van der Waals surface area contributed by atoms with Crippen molar-refractivity contribution in [3.05, 3.63) is 62.4 Å². The van der Waals surface area contributed by atoms with Gasteiger partial charge in [-0.15, -0.1) is 34.0 Å². The maximum absolute atomic E-state index is 3.68. The lowest BCUT2D eigenvalue weighted by molar-refractivity contribution is 0.527. The molecule has 0 unspecified atom stereocenters. The molecule has 0 amide bonds. The summed E-state index contributed by atoms with van der Waals surface area (Å²) in [6.07, 6.45) is 6.28. The van der Waals surface area contributed by atoms with Gasteiger partial charge >= 0.3 is 0 Å². The predicted octanol–water partition coefficient (Wildman–Crippen LogP) is 9.46. The molecule has 0 aromatic carbocycles. The first-order chi connectivity index (χ1) is 12.1. The van der Waals surface area contributed by atoms with E-state index in [-0.39, 0.29) is 5.41 Å². The van der Waals surface area contributed by atoms with E-state index in [1.807, 2.05) is 34.0 Å². The third kappa shape index (κ3) is 4.52. The third-order valence-electron chi connectivity index (χ3n) is 4.39. The monoisotopic (exact) mass is 580 g/mol. The van der Waals surface area contributed by atoms with E-state index in [0.717, 1.165) is 6.42 Å². The molecule has 0 saturated heterocycles. The van der Waals surface area contributed by atoms with E-state index >= 15 is 0 Å². The fraction of sp³-hybridized carbons (Fsp3) is 0.368. The Morgan fingerprint density at radius 3 is 1.44 bits per heavy atom. The molecule has 25 heavy (non-hydrogen) atoms. The van der Waals surface area contributed by atoms with Crippen LogP contribution in [-0.2, 0) is 5.41 Å². The van der Waals surface area contributed by atoms with E-state index < -0.39 is 0 Å². The molecule has 3 aromatic rings. The van der Waals surface area contributed by atoms with Gasteiger partial charge in [-0.1, -0.05) is 32.6 Å². The molecule has 0 aliphatic heterocycles. The molecule has 0 N–H and O–H groups in total. The Balaban J connectivity index is 2.12. The summed E-state index contributed by atoms with van der Waals surface area (Å²) in [5.74, 6) is 0. The standard InChI is InChI=1S/C19H19Br3S3/c1-2-3-4-5-12-19(13-6-9-16(20)23-13,14-7-10-17(21)24-14)15-8-11-18(22)25-15/h6-11H,2-5,12H2,1H3. The number of hydrogen-bond donors (Lipinski definition) is 0. The highest BCUT2D eigenvalue weighted by Gasteiger charge is 2.39. The minimum atomic E-state index is -0.0438. The largest absolute Gasteiger partial charge is 0.132 e. The second-order valence-corrected chi connectivity index (χ2v) is 13.4. The number of rotatable bonds is 8. The van der Waals surface area contributed by atoms with E-state index in [0.29, 0.717) is 0 Å². The first-order valence-electron chi connectivity index (χ1n) is 8.33. The zero-order valence-electron chi connectivity index (χ0n) is 13.9. The lowest BCUT2D eigenvalue weighted by Gasteiger charge is -2.31. The molecule has 0 fully saturated rings. The van der Waals surface area contributed by atoms with Crippen LogP contribution in [0, 0.1) is 0 Å². The summed E-state index contributed by atoms with van der Waals surface area (Å²) >= 11 is 16.6. The topological polar surface area (TPSA) is 0 Å². The van der Waals surface area contributed by atoms with Gasteiger partial charge in [-0.3, -0.25) is 0 Å². The lowest BCUT2D eigenvalue weighted by Crippen LogP contribution is -2.26. The van der Waals surface area contributed by atoms with Gasteiger partial charge in [-0.25, -0.2) is 0 Å². The maximum atomic E-state index is 3.68. The summed E-state index contributed by atoms with van der Waals surface area (Å²) in [6.45, 7) is 2.27. The van der Waals surface area contributed by atoms with Gasteiger partial charge in [-0.2, -0.15) is 0 Å². The van der Waals surface area contributed by atoms with Crippen LogP contribution in [0.2, 0.25) is 0 Å². The summed E-state index contributed by atoms with van der Waals surface area (Å²) in [5, 5.41) is 0. The quantitative estimate of drug-likeness (QED) is 0.232. The fourth-order valence-electron chi connectivity index (χ4n) is 3.18. The zero-order valence-corrected chi connectivity index (χ0v) is 21.1. The van der Waals surface area contributed by atoms with Crippen molar-refractivity contribution < 1.29 is 0 Å². The lowest BCUT2D eigenvalue weighted by atomic mass is 9.78. The summed E-state index contributed by atoms with van der Waals surface area (Å²) in [7, 11) is 0. The van der Waals surface area contributed by atoms with Crippen LogP contribution in [0.15, 0.2) is 47.8 Å². The van der Waals surface area contributed by atoms with Gasteiger partial charge in [0, 0.05) is 14.6 Å². The van der Waals surface area contributed by atoms with Crippen LogP contribution < -0.4 is 0 Å². The molecule has 0 saturated carbocycles. The SMILES string of the molecule is CCCCCCC(c1ccc(Br)s1)(c1ccc(Br)s1)c1ccc(Br)s1. The van der Waals surface area contributed by atoms with Gasteiger partial charge in [0.1, 0.15) is 0 Å². The molecular formula is C19H19Br3S3. The molecular weight excluding hydrogens is 564 g/mol. The Bertz CT molecular complexity index is 717. The Kier molecular flexibility index (Phi) is 7.43. The third-order valence-corrected chi connectivity index (χ3v) is 9.74. The maximum Gasteiger partial charge on any atom is 0.0732 e. The Hall–Kier alpha value is 0.540. The van der Waals surface area contributed by atoms with Crippen LogP contribution in [-0.4, -0.2) is 0 Å². The average Bonchev–Trinajstić information content (AvgIpc) is 3.31. The van der Waals surface area contributed by atoms with Crippen molar-refractivity contribution in [2.24, 2.45) is 0 Å². The molecule has 0 aliphatic rings. The van der Waals surface area contributed by atoms with Crippen LogP contribution in [0.5, 0.6) is 0 Å². The molecule has 3 aromatic heterocycles. The van der Waals surface area contributed by atoms with E-state index in [1.165, 1.54) is 51.7 Å². The van der Waals surface area contributed by atoms with E-state index in [9.17, 15) is 0 Å². The smallest absolute Gasteiger partial charge is 0.0732 e. The van der Waals surface area contributed by atoms with Crippen molar-refractivity contribution in [2.75, 3.05) is 0 Å². The fourth-order valence-corrected chi connectivity index (χ4v) is 8.28. The molecule has 3 heterocycles. The molecule has 134 valence electrons. The van der Waals surface area contributed by atoms with Gasteiger partial charge in [-0.05, 0) is 90.6 Å². The first kappa shape index (κ1) is 20.3. The molecule has 0 bridgehead atoms.